The summed E-state index contributed by atoms with van der Waals surface area (Å²) in [5.74, 6) is 1.02. The van der Waals surface area contributed by atoms with Crippen LogP contribution in [0.15, 0.2) is 0 Å². The standard InChI is InChI=1S/C8H15NO.C2H6/c1-2-3-8(10)9-6-7-4-5-7;1-2/h7H,2-6H2,1H3,(H,9,10);1-2H3. The molecule has 0 atom stereocenters. The first-order valence-electron chi connectivity index (χ1n) is 5.09. The first kappa shape index (κ1) is 11.5. The molecule has 12 heavy (non-hydrogen) atoms. The number of hydrogen-bond acceptors (Lipinski definition) is 1. The van der Waals surface area contributed by atoms with Crippen LogP contribution in [0.4, 0.5) is 0 Å². The summed E-state index contributed by atoms with van der Waals surface area (Å²) < 4.78 is 0. The van der Waals surface area contributed by atoms with Crippen molar-refractivity contribution in [1.29, 1.82) is 0 Å². The summed E-state index contributed by atoms with van der Waals surface area (Å²) in [5.41, 5.74) is 0. The van der Waals surface area contributed by atoms with Crippen molar-refractivity contribution in [2.45, 2.75) is 46.5 Å². The van der Waals surface area contributed by atoms with Gasteiger partial charge in [-0.05, 0) is 25.2 Å². The average molecular weight is 171 g/mol. The molecular weight excluding hydrogens is 150 g/mol. The monoisotopic (exact) mass is 171 g/mol. The Balaban J connectivity index is 0.000000561. The second-order valence-corrected chi connectivity index (χ2v) is 3.00. The third-order valence-corrected chi connectivity index (χ3v) is 1.76. The van der Waals surface area contributed by atoms with Gasteiger partial charge >= 0.3 is 0 Å². The van der Waals surface area contributed by atoms with Crippen molar-refractivity contribution in [3.8, 4) is 0 Å². The van der Waals surface area contributed by atoms with Crippen molar-refractivity contribution in [3.05, 3.63) is 0 Å². The lowest BCUT2D eigenvalue weighted by molar-refractivity contribution is -0.121. The number of carbonyl (C=O) groups is 1. The lowest BCUT2D eigenvalue weighted by Gasteiger charge is -2.00. The Kier molecular flexibility index (Phi) is 6.82. The van der Waals surface area contributed by atoms with Crippen LogP contribution in [-0.2, 0) is 4.79 Å². The molecule has 1 N–H and O–H groups in total. The van der Waals surface area contributed by atoms with Gasteiger partial charge in [-0.1, -0.05) is 20.8 Å². The number of hydrogen-bond donors (Lipinski definition) is 1. The fourth-order valence-corrected chi connectivity index (χ4v) is 0.896. The number of amides is 1. The highest BCUT2D eigenvalue weighted by Crippen LogP contribution is 2.27. The number of carbonyl (C=O) groups excluding carboxylic acids is 1. The maximum Gasteiger partial charge on any atom is 0.219 e. The fourth-order valence-electron chi connectivity index (χ4n) is 0.896. The Morgan fingerprint density at radius 3 is 2.42 bits per heavy atom. The van der Waals surface area contributed by atoms with Gasteiger partial charge in [0.2, 0.25) is 5.91 Å². The van der Waals surface area contributed by atoms with Gasteiger partial charge in [0.25, 0.3) is 0 Å². The molecule has 0 unspecified atom stereocenters. The second kappa shape index (κ2) is 7.14. The normalized spacial score (nSPS) is 14.6. The Morgan fingerprint density at radius 1 is 1.42 bits per heavy atom. The number of nitrogens with one attached hydrogen (secondary N) is 1. The summed E-state index contributed by atoms with van der Waals surface area (Å²) in [7, 11) is 0. The Labute approximate surface area is 75.7 Å². The van der Waals surface area contributed by atoms with Crippen LogP contribution >= 0.6 is 0 Å². The van der Waals surface area contributed by atoms with E-state index in [1.54, 1.807) is 0 Å². The van der Waals surface area contributed by atoms with Crippen LogP contribution in [0.5, 0.6) is 0 Å². The maximum absolute atomic E-state index is 10.9. The molecule has 0 radical (unpaired) electrons. The van der Waals surface area contributed by atoms with E-state index in [-0.39, 0.29) is 5.91 Å². The van der Waals surface area contributed by atoms with Crippen LogP contribution < -0.4 is 5.32 Å². The predicted octanol–water partition coefficient (Wildman–Crippen LogP) is 2.34. The Morgan fingerprint density at radius 2 is 2.00 bits per heavy atom. The lowest BCUT2D eigenvalue weighted by atomic mass is 10.3. The molecule has 1 fully saturated rings. The maximum atomic E-state index is 10.9. The van der Waals surface area contributed by atoms with E-state index < -0.39 is 0 Å². The van der Waals surface area contributed by atoms with E-state index in [9.17, 15) is 4.79 Å². The zero-order chi connectivity index (χ0) is 9.40. The third-order valence-electron chi connectivity index (χ3n) is 1.76. The van der Waals surface area contributed by atoms with E-state index in [4.69, 9.17) is 0 Å². The summed E-state index contributed by atoms with van der Waals surface area (Å²) in [6.07, 6.45) is 4.27. The molecule has 1 aliphatic rings. The largest absolute Gasteiger partial charge is 0.356 e. The smallest absolute Gasteiger partial charge is 0.219 e. The van der Waals surface area contributed by atoms with Gasteiger partial charge in [0, 0.05) is 13.0 Å². The quantitative estimate of drug-likeness (QED) is 0.691. The highest BCUT2D eigenvalue weighted by molar-refractivity contribution is 5.75. The van der Waals surface area contributed by atoms with Crippen LogP contribution in [-0.4, -0.2) is 12.5 Å². The molecule has 0 aromatic rings. The zero-order valence-electron chi connectivity index (χ0n) is 8.52. The molecule has 0 aliphatic heterocycles. The van der Waals surface area contributed by atoms with Crippen LogP contribution in [0.3, 0.4) is 0 Å². The van der Waals surface area contributed by atoms with Gasteiger partial charge in [0.05, 0.1) is 0 Å². The van der Waals surface area contributed by atoms with Crippen molar-refractivity contribution in [3.63, 3.8) is 0 Å². The first-order valence-corrected chi connectivity index (χ1v) is 5.09. The van der Waals surface area contributed by atoms with Crippen LogP contribution in [0.25, 0.3) is 0 Å². The van der Waals surface area contributed by atoms with Gasteiger partial charge in [-0.25, -0.2) is 0 Å². The highest BCUT2D eigenvalue weighted by atomic mass is 16.1. The van der Waals surface area contributed by atoms with Crippen LogP contribution in [0, 0.1) is 5.92 Å². The number of rotatable bonds is 4. The molecule has 1 amide bonds. The molecule has 0 aromatic carbocycles. The minimum atomic E-state index is 0.217. The topological polar surface area (TPSA) is 29.1 Å². The third kappa shape index (κ3) is 6.20. The Hall–Kier alpha value is -0.530. The SMILES string of the molecule is CC.CCCC(=O)NCC1CC1. The van der Waals surface area contributed by atoms with E-state index in [0.717, 1.165) is 18.9 Å². The minimum Gasteiger partial charge on any atom is -0.356 e. The molecule has 2 nitrogen and oxygen atoms in total. The molecule has 0 saturated heterocycles. The van der Waals surface area contributed by atoms with Crippen molar-refractivity contribution in [2.24, 2.45) is 5.92 Å². The van der Waals surface area contributed by atoms with E-state index in [1.165, 1.54) is 12.8 Å². The molecule has 2 heteroatoms. The van der Waals surface area contributed by atoms with Crippen molar-refractivity contribution >= 4 is 5.91 Å². The van der Waals surface area contributed by atoms with Crippen molar-refractivity contribution in [1.82, 2.24) is 5.32 Å². The van der Waals surface area contributed by atoms with Gasteiger partial charge in [-0.15, -0.1) is 0 Å². The van der Waals surface area contributed by atoms with E-state index in [1.807, 2.05) is 20.8 Å². The molecular formula is C10H21NO. The first-order chi connectivity index (χ1) is 5.83. The molecule has 0 heterocycles. The molecule has 0 aromatic heterocycles. The fraction of sp³-hybridized carbons (Fsp3) is 0.900. The van der Waals surface area contributed by atoms with Crippen molar-refractivity contribution < 1.29 is 4.79 Å². The van der Waals surface area contributed by atoms with Gasteiger partial charge < -0.3 is 5.32 Å². The molecule has 0 bridgehead atoms. The summed E-state index contributed by atoms with van der Waals surface area (Å²) in [6, 6.07) is 0. The highest BCUT2D eigenvalue weighted by Gasteiger charge is 2.21. The van der Waals surface area contributed by atoms with Gasteiger partial charge in [-0.2, -0.15) is 0 Å². The van der Waals surface area contributed by atoms with E-state index in [0.29, 0.717) is 6.42 Å². The van der Waals surface area contributed by atoms with Crippen LogP contribution in [0.2, 0.25) is 0 Å². The van der Waals surface area contributed by atoms with Gasteiger partial charge in [-0.3, -0.25) is 4.79 Å². The van der Waals surface area contributed by atoms with Crippen LogP contribution in [0.1, 0.15) is 46.5 Å². The summed E-state index contributed by atoms with van der Waals surface area (Å²) in [4.78, 5) is 10.9. The predicted molar refractivity (Wildman–Crippen MR) is 52.0 cm³/mol. The molecule has 72 valence electrons. The van der Waals surface area contributed by atoms with Gasteiger partial charge in [0.15, 0.2) is 0 Å². The van der Waals surface area contributed by atoms with E-state index >= 15 is 0 Å². The minimum absolute atomic E-state index is 0.217. The van der Waals surface area contributed by atoms with E-state index in [2.05, 4.69) is 5.32 Å². The molecule has 0 spiro atoms. The average Bonchev–Trinajstić information content (AvgIpc) is 2.88. The summed E-state index contributed by atoms with van der Waals surface area (Å²) in [6.45, 7) is 6.94. The van der Waals surface area contributed by atoms with Gasteiger partial charge in [0.1, 0.15) is 0 Å². The molecule has 1 aliphatic carbocycles. The Bertz CT molecular complexity index is 119. The second-order valence-electron chi connectivity index (χ2n) is 3.00. The lowest BCUT2D eigenvalue weighted by Crippen LogP contribution is -2.24. The summed E-state index contributed by atoms with van der Waals surface area (Å²) >= 11 is 0. The van der Waals surface area contributed by atoms with Crippen molar-refractivity contribution in [2.75, 3.05) is 6.54 Å². The molecule has 1 rings (SSSR count). The zero-order valence-corrected chi connectivity index (χ0v) is 8.52. The summed E-state index contributed by atoms with van der Waals surface area (Å²) in [5, 5.41) is 2.91. The molecule has 1 saturated carbocycles.